The molecule has 2 saturated carbocycles. The summed E-state index contributed by atoms with van der Waals surface area (Å²) in [7, 11) is 1.67. The quantitative estimate of drug-likeness (QED) is 0.832. The second-order valence-corrected chi connectivity index (χ2v) is 7.44. The molecular formula is C20H31ClN2O2. The maximum Gasteiger partial charge on any atom is 0.223 e. The Hall–Kier alpha value is -1.26. The number of rotatable bonds is 5. The number of nitrogens with one attached hydrogen (secondary N) is 1. The zero-order valence-electron chi connectivity index (χ0n) is 15.2. The predicted molar refractivity (Wildman–Crippen MR) is 103 cm³/mol. The van der Waals surface area contributed by atoms with Gasteiger partial charge < -0.3 is 15.8 Å². The second-order valence-electron chi connectivity index (χ2n) is 7.44. The molecule has 3 unspecified atom stereocenters. The molecule has 1 aromatic rings. The molecule has 0 aromatic heterocycles. The van der Waals surface area contributed by atoms with Crippen molar-refractivity contribution in [1.82, 2.24) is 5.32 Å². The van der Waals surface area contributed by atoms with Gasteiger partial charge >= 0.3 is 0 Å². The largest absolute Gasteiger partial charge is 0.497 e. The standard InChI is InChI=1S/C20H30N2O2.ClH/c1-3-18(13-7-9-17(24-2)10-8-13)22-20(23)16-11-14-5-4-6-15(12-16)19(14)21;/h7-10,14-16,18-19H,3-6,11-12,21H2,1-2H3,(H,22,23);1H. The molecule has 2 aliphatic rings. The number of carbonyl (C=O) groups excluding carboxylic acids is 1. The zero-order chi connectivity index (χ0) is 17.1. The van der Waals surface area contributed by atoms with Gasteiger partial charge in [0.25, 0.3) is 0 Å². The van der Waals surface area contributed by atoms with Gasteiger partial charge in [0.05, 0.1) is 13.2 Å². The minimum Gasteiger partial charge on any atom is -0.497 e. The van der Waals surface area contributed by atoms with Gasteiger partial charge in [0.1, 0.15) is 5.75 Å². The Morgan fingerprint density at radius 1 is 1.24 bits per heavy atom. The summed E-state index contributed by atoms with van der Waals surface area (Å²) in [4.78, 5) is 12.8. The van der Waals surface area contributed by atoms with E-state index in [0.29, 0.717) is 17.9 Å². The van der Waals surface area contributed by atoms with E-state index in [1.807, 2.05) is 24.3 Å². The normalized spacial score (nSPS) is 29.2. The summed E-state index contributed by atoms with van der Waals surface area (Å²) in [5, 5.41) is 3.27. The Morgan fingerprint density at radius 3 is 2.36 bits per heavy atom. The number of ether oxygens (including phenoxy) is 1. The smallest absolute Gasteiger partial charge is 0.223 e. The van der Waals surface area contributed by atoms with E-state index in [2.05, 4.69) is 12.2 Å². The summed E-state index contributed by atoms with van der Waals surface area (Å²) in [6.45, 7) is 2.11. The van der Waals surface area contributed by atoms with E-state index in [1.54, 1.807) is 7.11 Å². The lowest BCUT2D eigenvalue weighted by atomic mass is 9.65. The first kappa shape index (κ1) is 20.1. The van der Waals surface area contributed by atoms with Crippen molar-refractivity contribution in [1.29, 1.82) is 0 Å². The van der Waals surface area contributed by atoms with Crippen molar-refractivity contribution < 1.29 is 9.53 Å². The molecular weight excluding hydrogens is 336 g/mol. The van der Waals surface area contributed by atoms with Gasteiger partial charge in [-0.3, -0.25) is 4.79 Å². The number of amides is 1. The Bertz CT molecular complexity index is 549. The monoisotopic (exact) mass is 366 g/mol. The van der Waals surface area contributed by atoms with Crippen LogP contribution in [-0.2, 0) is 4.79 Å². The van der Waals surface area contributed by atoms with E-state index >= 15 is 0 Å². The number of fused-ring (bicyclic) bond motifs is 2. The number of hydrogen-bond acceptors (Lipinski definition) is 3. The highest BCUT2D eigenvalue weighted by Crippen LogP contribution is 2.42. The van der Waals surface area contributed by atoms with Gasteiger partial charge in [0, 0.05) is 12.0 Å². The van der Waals surface area contributed by atoms with Gasteiger partial charge in [0.15, 0.2) is 0 Å². The molecule has 3 rings (SSSR count). The Labute approximate surface area is 157 Å². The molecule has 5 heteroatoms. The molecule has 1 amide bonds. The van der Waals surface area contributed by atoms with Crippen molar-refractivity contribution in [2.45, 2.75) is 57.5 Å². The van der Waals surface area contributed by atoms with Crippen LogP contribution in [-0.4, -0.2) is 19.1 Å². The SMILES string of the molecule is CCC(NC(=O)C1CC2CCCC(C1)C2N)c1ccc(OC)cc1.Cl. The van der Waals surface area contributed by atoms with Crippen molar-refractivity contribution >= 4 is 18.3 Å². The summed E-state index contributed by atoms with van der Waals surface area (Å²) >= 11 is 0. The first-order valence-electron chi connectivity index (χ1n) is 9.32. The van der Waals surface area contributed by atoms with Crippen molar-refractivity contribution in [2.75, 3.05) is 7.11 Å². The highest BCUT2D eigenvalue weighted by atomic mass is 35.5. The highest BCUT2D eigenvalue weighted by molar-refractivity contribution is 5.85. The van der Waals surface area contributed by atoms with E-state index < -0.39 is 0 Å². The number of methoxy groups -OCH3 is 1. The Morgan fingerprint density at radius 2 is 1.84 bits per heavy atom. The third-order valence-electron chi connectivity index (χ3n) is 6.03. The van der Waals surface area contributed by atoms with Crippen molar-refractivity contribution in [3.8, 4) is 5.75 Å². The molecule has 3 N–H and O–H groups in total. The van der Waals surface area contributed by atoms with Gasteiger partial charge in [-0.25, -0.2) is 0 Å². The van der Waals surface area contributed by atoms with Crippen LogP contribution in [0.5, 0.6) is 5.75 Å². The van der Waals surface area contributed by atoms with Gasteiger partial charge in [-0.05, 0) is 61.6 Å². The van der Waals surface area contributed by atoms with Crippen LogP contribution in [0.25, 0.3) is 0 Å². The first-order chi connectivity index (χ1) is 11.6. The van der Waals surface area contributed by atoms with Crippen LogP contribution in [0.3, 0.4) is 0 Å². The molecule has 0 aliphatic heterocycles. The number of nitrogens with two attached hydrogens (primary N) is 1. The first-order valence-corrected chi connectivity index (χ1v) is 9.32. The molecule has 4 nitrogen and oxygen atoms in total. The summed E-state index contributed by atoms with van der Waals surface area (Å²) < 4.78 is 5.21. The van der Waals surface area contributed by atoms with Crippen LogP contribution < -0.4 is 15.8 Å². The fourth-order valence-corrected chi connectivity index (χ4v) is 4.55. The molecule has 0 heterocycles. The minimum atomic E-state index is 0. The highest BCUT2D eigenvalue weighted by Gasteiger charge is 2.40. The molecule has 1 aromatic carbocycles. The van der Waals surface area contributed by atoms with Crippen LogP contribution in [0.2, 0.25) is 0 Å². The lowest BCUT2D eigenvalue weighted by Gasteiger charge is -2.43. The number of halogens is 1. The van der Waals surface area contributed by atoms with E-state index in [4.69, 9.17) is 10.5 Å². The van der Waals surface area contributed by atoms with Crippen LogP contribution in [0.4, 0.5) is 0 Å². The van der Waals surface area contributed by atoms with Crippen LogP contribution in [0.15, 0.2) is 24.3 Å². The molecule has 0 radical (unpaired) electrons. The van der Waals surface area contributed by atoms with E-state index in [-0.39, 0.29) is 30.3 Å². The van der Waals surface area contributed by atoms with Gasteiger partial charge in [-0.15, -0.1) is 12.4 Å². The Balaban J connectivity index is 0.00000225. The molecule has 140 valence electrons. The van der Waals surface area contributed by atoms with Crippen molar-refractivity contribution in [3.63, 3.8) is 0 Å². The van der Waals surface area contributed by atoms with Crippen molar-refractivity contribution in [2.24, 2.45) is 23.5 Å². The van der Waals surface area contributed by atoms with Gasteiger partial charge in [0.2, 0.25) is 5.91 Å². The summed E-state index contributed by atoms with van der Waals surface area (Å²) in [5.41, 5.74) is 7.49. The Kier molecular flexibility index (Phi) is 7.14. The molecule has 0 spiro atoms. The van der Waals surface area contributed by atoms with E-state index in [9.17, 15) is 4.79 Å². The van der Waals surface area contributed by atoms with Crippen LogP contribution in [0.1, 0.15) is 57.1 Å². The van der Waals surface area contributed by atoms with Gasteiger partial charge in [-0.1, -0.05) is 25.5 Å². The third-order valence-corrected chi connectivity index (χ3v) is 6.03. The lowest BCUT2D eigenvalue weighted by Crippen LogP contribution is -2.49. The van der Waals surface area contributed by atoms with E-state index in [1.165, 1.54) is 19.3 Å². The molecule has 25 heavy (non-hydrogen) atoms. The lowest BCUT2D eigenvalue weighted by molar-refractivity contribution is -0.128. The fourth-order valence-electron chi connectivity index (χ4n) is 4.55. The molecule has 3 atom stereocenters. The van der Waals surface area contributed by atoms with Crippen LogP contribution in [0, 0.1) is 17.8 Å². The summed E-state index contributed by atoms with van der Waals surface area (Å²) in [6.07, 6.45) is 6.47. The molecule has 2 aliphatic carbocycles. The number of hydrogen-bond donors (Lipinski definition) is 2. The zero-order valence-corrected chi connectivity index (χ0v) is 16.1. The number of carbonyl (C=O) groups is 1. The average Bonchev–Trinajstić information content (AvgIpc) is 2.59. The fraction of sp³-hybridized carbons (Fsp3) is 0.650. The van der Waals surface area contributed by atoms with Crippen molar-refractivity contribution in [3.05, 3.63) is 29.8 Å². The van der Waals surface area contributed by atoms with Crippen LogP contribution >= 0.6 is 12.4 Å². The average molecular weight is 367 g/mol. The molecule has 2 bridgehead atoms. The summed E-state index contributed by atoms with van der Waals surface area (Å²) in [6, 6.07) is 8.37. The third kappa shape index (κ3) is 4.48. The topological polar surface area (TPSA) is 64.4 Å². The molecule has 0 saturated heterocycles. The number of benzene rings is 1. The molecule has 2 fully saturated rings. The maximum absolute atomic E-state index is 12.8. The summed E-state index contributed by atoms with van der Waals surface area (Å²) in [5.74, 6) is 2.26. The minimum absolute atomic E-state index is 0. The van der Waals surface area contributed by atoms with E-state index in [0.717, 1.165) is 30.6 Å². The maximum atomic E-state index is 12.8. The second kappa shape index (κ2) is 8.91. The predicted octanol–water partition coefficient (Wildman–Crippen LogP) is 3.84. The van der Waals surface area contributed by atoms with Gasteiger partial charge in [-0.2, -0.15) is 0 Å².